The topological polar surface area (TPSA) is 73.3 Å². The van der Waals surface area contributed by atoms with Crippen molar-refractivity contribution in [2.45, 2.75) is 0 Å². The summed E-state index contributed by atoms with van der Waals surface area (Å²) in [6.45, 7) is 0.257. The van der Waals surface area contributed by atoms with Crippen molar-refractivity contribution in [2.75, 3.05) is 19.8 Å². The van der Waals surface area contributed by atoms with Gasteiger partial charge < -0.3 is 14.8 Å². The van der Waals surface area contributed by atoms with Gasteiger partial charge in [-0.25, -0.2) is 4.39 Å². The Morgan fingerprint density at radius 2 is 1.79 bits per heavy atom. The van der Waals surface area contributed by atoms with Gasteiger partial charge in [-0.3, -0.25) is 4.79 Å². The van der Waals surface area contributed by atoms with Crippen LogP contribution in [0.15, 0.2) is 54.6 Å². The lowest BCUT2D eigenvalue weighted by Gasteiger charge is -2.10. The first-order valence-electron chi connectivity index (χ1n) is 8.59. The van der Waals surface area contributed by atoms with Crippen molar-refractivity contribution in [2.24, 2.45) is 0 Å². The van der Waals surface area contributed by atoms with Crippen LogP contribution in [0.25, 0.3) is 11.3 Å². The Labute approximate surface area is 176 Å². The van der Waals surface area contributed by atoms with Gasteiger partial charge in [-0.2, -0.15) is 0 Å². The van der Waals surface area contributed by atoms with Gasteiger partial charge in [0.1, 0.15) is 23.2 Å². The van der Waals surface area contributed by atoms with Crippen molar-refractivity contribution >= 4 is 29.1 Å². The van der Waals surface area contributed by atoms with Crippen molar-refractivity contribution in [1.29, 1.82) is 0 Å². The van der Waals surface area contributed by atoms with Crippen LogP contribution in [-0.2, 0) is 4.79 Å². The molecule has 0 aliphatic heterocycles. The van der Waals surface area contributed by atoms with E-state index in [1.807, 2.05) is 0 Å². The Kier molecular flexibility index (Phi) is 7.21. The second kappa shape index (κ2) is 10.0. The number of aromatic nitrogens is 2. The number of carbonyl (C=O) groups excluding carboxylic acids is 1. The number of amides is 1. The van der Waals surface area contributed by atoms with E-state index in [9.17, 15) is 9.18 Å². The number of hydrogen-bond acceptors (Lipinski definition) is 5. The Bertz CT molecular complexity index is 970. The number of benzene rings is 2. The minimum Gasteiger partial charge on any atom is -0.482 e. The second-order valence-electron chi connectivity index (χ2n) is 5.80. The molecule has 6 nitrogen and oxygen atoms in total. The molecule has 0 bridgehead atoms. The molecule has 3 aromatic rings. The molecule has 1 aromatic heterocycles. The lowest BCUT2D eigenvalue weighted by molar-refractivity contribution is -0.123. The fraction of sp³-hybridized carbons (Fsp3) is 0.150. The van der Waals surface area contributed by atoms with Crippen molar-refractivity contribution < 1.29 is 18.7 Å². The third kappa shape index (κ3) is 6.04. The van der Waals surface area contributed by atoms with Crippen LogP contribution in [0.5, 0.6) is 11.6 Å². The molecule has 0 fully saturated rings. The third-order valence-corrected chi connectivity index (χ3v) is 4.53. The van der Waals surface area contributed by atoms with Crippen molar-refractivity contribution in [3.8, 4) is 22.9 Å². The van der Waals surface area contributed by atoms with Crippen LogP contribution in [0.4, 0.5) is 4.39 Å². The summed E-state index contributed by atoms with van der Waals surface area (Å²) in [7, 11) is 0. The summed E-state index contributed by atoms with van der Waals surface area (Å²) in [6, 6.07) is 14.2. The van der Waals surface area contributed by atoms with Crippen LogP contribution in [-0.4, -0.2) is 35.9 Å². The van der Waals surface area contributed by atoms with Crippen molar-refractivity contribution in [3.63, 3.8) is 0 Å². The molecule has 0 aliphatic carbocycles. The molecule has 2 aromatic carbocycles. The molecule has 9 heteroatoms. The van der Waals surface area contributed by atoms with Crippen LogP contribution in [0.1, 0.15) is 0 Å². The van der Waals surface area contributed by atoms with Crippen LogP contribution < -0.4 is 14.8 Å². The van der Waals surface area contributed by atoms with Crippen molar-refractivity contribution in [1.82, 2.24) is 15.5 Å². The Morgan fingerprint density at radius 3 is 2.52 bits per heavy atom. The summed E-state index contributed by atoms with van der Waals surface area (Å²) in [6.07, 6.45) is 0. The number of rotatable bonds is 8. The van der Waals surface area contributed by atoms with E-state index in [4.69, 9.17) is 32.7 Å². The first-order chi connectivity index (χ1) is 14.0. The Balaban J connectivity index is 1.39. The minimum absolute atomic E-state index is 0.202. The fourth-order valence-electron chi connectivity index (χ4n) is 2.31. The van der Waals surface area contributed by atoms with Crippen molar-refractivity contribution in [3.05, 3.63) is 70.5 Å². The summed E-state index contributed by atoms with van der Waals surface area (Å²) < 4.78 is 23.7. The predicted molar refractivity (Wildman–Crippen MR) is 108 cm³/mol. The zero-order valence-electron chi connectivity index (χ0n) is 15.1. The minimum atomic E-state index is -0.331. The van der Waals surface area contributed by atoms with Gasteiger partial charge in [0.25, 0.3) is 5.91 Å². The molecular formula is C20H16Cl2FN3O3. The van der Waals surface area contributed by atoms with E-state index in [2.05, 4.69) is 15.5 Å². The summed E-state index contributed by atoms with van der Waals surface area (Å²) in [4.78, 5) is 11.8. The van der Waals surface area contributed by atoms with Gasteiger partial charge in [-0.15, -0.1) is 10.2 Å². The highest BCUT2D eigenvalue weighted by Gasteiger charge is 2.08. The molecule has 1 amide bonds. The molecule has 0 spiro atoms. The van der Waals surface area contributed by atoms with E-state index in [1.165, 1.54) is 12.1 Å². The van der Waals surface area contributed by atoms with Gasteiger partial charge >= 0.3 is 0 Å². The van der Waals surface area contributed by atoms with Gasteiger partial charge in [0.05, 0.1) is 17.3 Å². The molecule has 29 heavy (non-hydrogen) atoms. The molecule has 3 rings (SSSR count). The summed E-state index contributed by atoms with van der Waals surface area (Å²) >= 11 is 11.9. The fourth-order valence-corrected chi connectivity index (χ4v) is 2.65. The molecule has 1 heterocycles. The zero-order chi connectivity index (χ0) is 20.6. The molecule has 0 saturated heterocycles. The smallest absolute Gasteiger partial charge is 0.258 e. The van der Waals surface area contributed by atoms with E-state index >= 15 is 0 Å². The van der Waals surface area contributed by atoms with Crippen LogP contribution in [0.2, 0.25) is 10.0 Å². The van der Waals surface area contributed by atoms with Gasteiger partial charge in [0.15, 0.2) is 6.61 Å². The quantitative estimate of drug-likeness (QED) is 0.537. The molecule has 0 aliphatic rings. The number of carbonyl (C=O) groups is 1. The highest BCUT2D eigenvalue weighted by Crippen LogP contribution is 2.31. The Morgan fingerprint density at radius 1 is 1.00 bits per heavy atom. The average Bonchev–Trinajstić information content (AvgIpc) is 2.73. The maximum Gasteiger partial charge on any atom is 0.258 e. The van der Waals surface area contributed by atoms with Gasteiger partial charge in [0, 0.05) is 11.6 Å². The first kappa shape index (κ1) is 20.8. The molecule has 0 atom stereocenters. The van der Waals surface area contributed by atoms with Crippen LogP contribution >= 0.6 is 23.2 Å². The zero-order valence-corrected chi connectivity index (χ0v) is 16.6. The molecule has 1 N–H and O–H groups in total. The van der Waals surface area contributed by atoms with E-state index < -0.39 is 0 Å². The standard InChI is InChI=1S/C20H16Cl2FN3O3/c21-15-2-1-3-17(20(15)22)29-12-18(27)24-10-11-28-19-9-8-16(25-26-19)13-4-6-14(23)7-5-13/h1-9H,10-12H2,(H,24,27). The van der Waals surface area contributed by atoms with Gasteiger partial charge in [-0.05, 0) is 42.5 Å². The molecule has 150 valence electrons. The molecule has 0 saturated carbocycles. The number of halogens is 3. The monoisotopic (exact) mass is 435 g/mol. The summed E-state index contributed by atoms with van der Waals surface area (Å²) in [5.74, 6) is 0.00122. The summed E-state index contributed by atoms with van der Waals surface area (Å²) in [5.41, 5.74) is 1.35. The van der Waals surface area contributed by atoms with E-state index in [-0.39, 0.29) is 36.5 Å². The maximum absolute atomic E-state index is 13.0. The van der Waals surface area contributed by atoms with E-state index in [0.717, 1.165) is 5.56 Å². The maximum atomic E-state index is 13.0. The normalized spacial score (nSPS) is 10.4. The van der Waals surface area contributed by atoms with Gasteiger partial charge in [-0.1, -0.05) is 29.3 Å². The molecular weight excluding hydrogens is 420 g/mol. The third-order valence-electron chi connectivity index (χ3n) is 3.73. The summed E-state index contributed by atoms with van der Waals surface area (Å²) in [5, 5.41) is 11.3. The van der Waals surface area contributed by atoms with E-state index in [1.54, 1.807) is 42.5 Å². The molecule has 0 unspecified atom stereocenters. The number of ether oxygens (including phenoxy) is 2. The largest absolute Gasteiger partial charge is 0.482 e. The lowest BCUT2D eigenvalue weighted by atomic mass is 10.1. The van der Waals surface area contributed by atoms with Crippen LogP contribution in [0, 0.1) is 5.82 Å². The molecule has 0 radical (unpaired) electrons. The lowest BCUT2D eigenvalue weighted by Crippen LogP contribution is -2.32. The van der Waals surface area contributed by atoms with Crippen LogP contribution in [0.3, 0.4) is 0 Å². The predicted octanol–water partition coefficient (Wildman–Crippen LogP) is 4.16. The average molecular weight is 436 g/mol. The Hall–Kier alpha value is -2.90. The first-order valence-corrected chi connectivity index (χ1v) is 9.34. The highest BCUT2D eigenvalue weighted by atomic mass is 35.5. The van der Waals surface area contributed by atoms with Gasteiger partial charge in [0.2, 0.25) is 5.88 Å². The number of hydrogen-bond donors (Lipinski definition) is 1. The number of nitrogens with zero attached hydrogens (tertiary/aromatic N) is 2. The van der Waals surface area contributed by atoms with E-state index in [0.29, 0.717) is 22.3 Å². The second-order valence-corrected chi connectivity index (χ2v) is 6.59. The number of nitrogens with one attached hydrogen (secondary N) is 1. The SMILES string of the molecule is O=C(COc1cccc(Cl)c1Cl)NCCOc1ccc(-c2ccc(F)cc2)nn1. The highest BCUT2D eigenvalue weighted by molar-refractivity contribution is 6.42.